The second kappa shape index (κ2) is 3.27. The number of aromatic amines is 1. The fraction of sp³-hybridized carbons (Fsp3) is 0.429. The van der Waals surface area contributed by atoms with Gasteiger partial charge < -0.3 is 4.98 Å². The average Bonchev–Trinajstić information content (AvgIpc) is 2.38. The molecule has 0 aliphatic heterocycles. The van der Waals surface area contributed by atoms with E-state index < -0.39 is 0 Å². The molecule has 0 unspecified atom stereocenters. The van der Waals surface area contributed by atoms with Gasteiger partial charge in [-0.05, 0) is 18.6 Å². The summed E-state index contributed by atoms with van der Waals surface area (Å²) in [6.45, 7) is 2.99. The van der Waals surface area contributed by atoms with Gasteiger partial charge in [-0.15, -0.1) is 0 Å². The lowest BCUT2D eigenvalue weighted by atomic mass is 10.4. The maximum absolute atomic E-state index is 5.65. The van der Waals surface area contributed by atoms with Gasteiger partial charge in [-0.2, -0.15) is 0 Å². The van der Waals surface area contributed by atoms with Crippen LogP contribution < -0.4 is 10.9 Å². The molecule has 1 aromatic heterocycles. The molecular formula is C7H13N3. The largest absolute Gasteiger partial charge is 0.347 e. The monoisotopic (exact) mass is 139 g/mol. The summed E-state index contributed by atoms with van der Waals surface area (Å²) in [6.07, 6.45) is 2.93. The Kier molecular flexibility index (Phi) is 2.34. The molecule has 0 amide bonds. The molecule has 1 heterocycles. The van der Waals surface area contributed by atoms with Gasteiger partial charge in [-0.1, -0.05) is 6.92 Å². The molecule has 0 saturated heterocycles. The molecule has 0 aliphatic carbocycles. The quantitative estimate of drug-likeness (QED) is 0.486. The van der Waals surface area contributed by atoms with Gasteiger partial charge in [0.1, 0.15) is 5.82 Å². The van der Waals surface area contributed by atoms with Gasteiger partial charge in [0.05, 0.1) is 0 Å². The van der Waals surface area contributed by atoms with Crippen LogP contribution in [-0.2, 0) is 0 Å². The molecule has 1 aromatic rings. The Morgan fingerprint density at radius 2 is 2.50 bits per heavy atom. The number of hydrazine groups is 1. The summed E-state index contributed by atoms with van der Waals surface area (Å²) in [5.74, 6) is 6.63. The summed E-state index contributed by atoms with van der Waals surface area (Å²) in [5.41, 5.74) is 0. The predicted octanol–water partition coefficient (Wildman–Crippen LogP) is 1.10. The van der Waals surface area contributed by atoms with E-state index in [9.17, 15) is 0 Å². The molecule has 3 heteroatoms. The molecular weight excluding hydrogens is 126 g/mol. The van der Waals surface area contributed by atoms with E-state index in [1.807, 2.05) is 18.3 Å². The van der Waals surface area contributed by atoms with Crippen molar-refractivity contribution in [3.63, 3.8) is 0 Å². The predicted molar refractivity (Wildman–Crippen MR) is 42.6 cm³/mol. The number of hydrogen-bond acceptors (Lipinski definition) is 2. The number of nitrogens with zero attached hydrogens (tertiary/aromatic N) is 1. The van der Waals surface area contributed by atoms with Crippen LogP contribution in [0.2, 0.25) is 0 Å². The Hall–Kier alpha value is -0.960. The number of rotatable bonds is 3. The van der Waals surface area contributed by atoms with Crippen molar-refractivity contribution in [2.24, 2.45) is 5.84 Å². The van der Waals surface area contributed by atoms with Gasteiger partial charge in [-0.3, -0.25) is 5.01 Å². The first-order valence-corrected chi connectivity index (χ1v) is 3.50. The molecule has 0 aliphatic rings. The highest BCUT2D eigenvalue weighted by molar-refractivity contribution is 5.35. The second-order valence-corrected chi connectivity index (χ2v) is 2.25. The average molecular weight is 139 g/mol. The summed E-state index contributed by atoms with van der Waals surface area (Å²) in [4.78, 5) is 3.02. The third kappa shape index (κ3) is 1.51. The Morgan fingerprint density at radius 1 is 1.70 bits per heavy atom. The fourth-order valence-corrected chi connectivity index (χ4v) is 0.861. The minimum Gasteiger partial charge on any atom is -0.347 e. The number of H-pyrrole nitrogens is 1. The van der Waals surface area contributed by atoms with E-state index in [0.29, 0.717) is 0 Å². The van der Waals surface area contributed by atoms with Gasteiger partial charge in [-0.25, -0.2) is 5.84 Å². The minimum atomic E-state index is 0.889. The number of nitrogens with two attached hydrogens (primary N) is 1. The zero-order valence-corrected chi connectivity index (χ0v) is 6.17. The Labute approximate surface area is 60.8 Å². The molecule has 0 bridgehead atoms. The van der Waals surface area contributed by atoms with E-state index in [1.54, 1.807) is 5.01 Å². The Morgan fingerprint density at radius 3 is 3.00 bits per heavy atom. The first-order valence-electron chi connectivity index (χ1n) is 3.50. The van der Waals surface area contributed by atoms with E-state index in [0.717, 1.165) is 18.8 Å². The molecule has 3 N–H and O–H groups in total. The van der Waals surface area contributed by atoms with Crippen LogP contribution in [0.1, 0.15) is 13.3 Å². The zero-order chi connectivity index (χ0) is 7.40. The Balaban J connectivity index is 2.50. The lowest BCUT2D eigenvalue weighted by molar-refractivity contribution is 0.794. The summed E-state index contributed by atoms with van der Waals surface area (Å²) >= 11 is 0. The van der Waals surface area contributed by atoms with E-state index in [1.165, 1.54) is 0 Å². The SMILES string of the molecule is CCCN(N)c1ccc[nH]1. The standard InChI is InChI=1S/C7H13N3/c1-2-6-10(8)7-4-3-5-9-7/h3-5,9H,2,6,8H2,1H3. The maximum Gasteiger partial charge on any atom is 0.120 e. The van der Waals surface area contributed by atoms with Gasteiger partial charge in [0, 0.05) is 12.7 Å². The first-order chi connectivity index (χ1) is 4.84. The van der Waals surface area contributed by atoms with Crippen molar-refractivity contribution in [1.82, 2.24) is 4.98 Å². The lowest BCUT2D eigenvalue weighted by Crippen LogP contribution is -2.31. The normalized spacial score (nSPS) is 9.80. The van der Waals surface area contributed by atoms with Gasteiger partial charge in [0.25, 0.3) is 0 Å². The molecule has 0 saturated carbocycles. The maximum atomic E-state index is 5.65. The zero-order valence-electron chi connectivity index (χ0n) is 6.17. The van der Waals surface area contributed by atoms with Gasteiger partial charge >= 0.3 is 0 Å². The third-order valence-electron chi connectivity index (χ3n) is 1.36. The van der Waals surface area contributed by atoms with Crippen molar-refractivity contribution >= 4 is 5.82 Å². The van der Waals surface area contributed by atoms with Crippen LogP contribution >= 0.6 is 0 Å². The van der Waals surface area contributed by atoms with E-state index in [2.05, 4.69) is 11.9 Å². The first kappa shape index (κ1) is 7.15. The molecule has 0 aromatic carbocycles. The topological polar surface area (TPSA) is 45.0 Å². The number of aromatic nitrogens is 1. The lowest BCUT2D eigenvalue weighted by Gasteiger charge is -2.14. The third-order valence-corrected chi connectivity index (χ3v) is 1.36. The number of anilines is 1. The highest BCUT2D eigenvalue weighted by Gasteiger charge is 1.97. The summed E-state index contributed by atoms with van der Waals surface area (Å²) in [5, 5.41) is 1.71. The molecule has 3 nitrogen and oxygen atoms in total. The smallest absolute Gasteiger partial charge is 0.120 e. The van der Waals surface area contributed by atoms with E-state index >= 15 is 0 Å². The van der Waals surface area contributed by atoms with Crippen molar-refractivity contribution in [2.45, 2.75) is 13.3 Å². The van der Waals surface area contributed by atoms with Crippen LogP contribution in [0.3, 0.4) is 0 Å². The van der Waals surface area contributed by atoms with Crippen LogP contribution in [0, 0.1) is 0 Å². The van der Waals surface area contributed by atoms with Gasteiger partial charge in [0.2, 0.25) is 0 Å². The highest BCUT2D eigenvalue weighted by atomic mass is 15.4. The van der Waals surface area contributed by atoms with Crippen LogP contribution in [0.25, 0.3) is 0 Å². The van der Waals surface area contributed by atoms with Crippen molar-refractivity contribution in [3.8, 4) is 0 Å². The van der Waals surface area contributed by atoms with E-state index in [4.69, 9.17) is 5.84 Å². The summed E-state index contributed by atoms with van der Waals surface area (Å²) < 4.78 is 0. The second-order valence-electron chi connectivity index (χ2n) is 2.25. The van der Waals surface area contributed by atoms with Crippen molar-refractivity contribution in [1.29, 1.82) is 0 Å². The minimum absolute atomic E-state index is 0.889. The van der Waals surface area contributed by atoms with Crippen LogP contribution in [0.4, 0.5) is 5.82 Å². The number of hydrogen-bond donors (Lipinski definition) is 2. The van der Waals surface area contributed by atoms with Crippen molar-refractivity contribution < 1.29 is 0 Å². The molecule has 0 spiro atoms. The molecule has 10 heavy (non-hydrogen) atoms. The van der Waals surface area contributed by atoms with E-state index in [-0.39, 0.29) is 0 Å². The van der Waals surface area contributed by atoms with Gasteiger partial charge in [0.15, 0.2) is 0 Å². The van der Waals surface area contributed by atoms with Crippen LogP contribution in [0.15, 0.2) is 18.3 Å². The number of nitrogens with one attached hydrogen (secondary N) is 1. The van der Waals surface area contributed by atoms with Crippen LogP contribution in [-0.4, -0.2) is 11.5 Å². The molecule has 1 rings (SSSR count). The summed E-state index contributed by atoms with van der Waals surface area (Å²) in [6, 6.07) is 3.89. The summed E-state index contributed by atoms with van der Waals surface area (Å²) in [7, 11) is 0. The molecule has 0 fully saturated rings. The Bertz CT molecular complexity index is 169. The molecule has 56 valence electrons. The highest BCUT2D eigenvalue weighted by Crippen LogP contribution is 2.04. The van der Waals surface area contributed by atoms with Crippen molar-refractivity contribution in [3.05, 3.63) is 18.3 Å². The fourth-order valence-electron chi connectivity index (χ4n) is 0.861. The molecule has 0 radical (unpaired) electrons. The molecule has 0 atom stereocenters. The van der Waals surface area contributed by atoms with Crippen LogP contribution in [0.5, 0.6) is 0 Å². The van der Waals surface area contributed by atoms with Crippen molar-refractivity contribution in [2.75, 3.05) is 11.6 Å².